The average Bonchev–Trinajstić information content (AvgIpc) is 3.30. The molecular weight excluding hydrogens is 474 g/mol. The molecule has 0 aliphatic carbocycles. The zero-order valence-corrected chi connectivity index (χ0v) is 20.1. The highest BCUT2D eigenvalue weighted by molar-refractivity contribution is 6.00. The fourth-order valence-electron chi connectivity index (χ4n) is 4.26. The van der Waals surface area contributed by atoms with Crippen molar-refractivity contribution in [2.24, 2.45) is 0 Å². The van der Waals surface area contributed by atoms with Gasteiger partial charge in [-0.2, -0.15) is 0 Å². The van der Waals surface area contributed by atoms with Crippen molar-refractivity contribution in [3.63, 3.8) is 0 Å². The van der Waals surface area contributed by atoms with E-state index in [9.17, 15) is 29.7 Å². The molecule has 0 radical (unpaired) electrons. The number of fused-ring (bicyclic) bond motifs is 1. The molecule has 1 heterocycles. The van der Waals surface area contributed by atoms with Crippen molar-refractivity contribution in [3.8, 4) is 11.5 Å². The number of aliphatic carboxylic acids is 1. The summed E-state index contributed by atoms with van der Waals surface area (Å²) in [5, 5.41) is 33.3. The molecule has 0 aliphatic rings. The van der Waals surface area contributed by atoms with E-state index >= 15 is 0 Å². The highest BCUT2D eigenvalue weighted by Crippen LogP contribution is 2.25. The van der Waals surface area contributed by atoms with Gasteiger partial charge >= 0.3 is 5.97 Å². The summed E-state index contributed by atoms with van der Waals surface area (Å²) in [7, 11) is 1.40. The summed E-state index contributed by atoms with van der Waals surface area (Å²) in [5.41, 5.74) is 2.16. The number of aromatic amines is 1. The summed E-state index contributed by atoms with van der Waals surface area (Å²) in [6, 6.07) is 17.7. The van der Waals surface area contributed by atoms with Gasteiger partial charge in [0.05, 0.1) is 5.56 Å². The minimum atomic E-state index is -1.25. The third kappa shape index (κ3) is 5.72. The summed E-state index contributed by atoms with van der Waals surface area (Å²) in [6.45, 7) is 0. The smallest absolute Gasteiger partial charge is 0.326 e. The number of hydrogen-bond acceptors (Lipinski definition) is 5. The van der Waals surface area contributed by atoms with Gasteiger partial charge in [0.15, 0.2) is 0 Å². The molecule has 9 heteroatoms. The number of hydrogen-bond donors (Lipinski definition) is 5. The Hall–Kier alpha value is -4.79. The molecule has 0 unspecified atom stereocenters. The fourth-order valence-corrected chi connectivity index (χ4v) is 4.26. The molecule has 3 aromatic carbocycles. The quantitative estimate of drug-likeness (QED) is 0.223. The normalized spacial score (nSPS) is 12.6. The predicted octanol–water partition coefficient (Wildman–Crippen LogP) is 3.07. The second-order valence-electron chi connectivity index (χ2n) is 8.79. The number of carbonyl (C=O) groups excluding carboxylic acids is 2. The van der Waals surface area contributed by atoms with E-state index in [-0.39, 0.29) is 29.9 Å². The molecule has 4 rings (SSSR count). The van der Waals surface area contributed by atoms with Crippen LogP contribution in [-0.4, -0.2) is 62.1 Å². The minimum Gasteiger partial charge on any atom is -0.508 e. The molecule has 0 aliphatic heterocycles. The molecule has 0 saturated carbocycles. The number of rotatable bonds is 9. The van der Waals surface area contributed by atoms with Crippen LogP contribution in [-0.2, 0) is 22.4 Å². The molecule has 190 valence electrons. The van der Waals surface area contributed by atoms with Gasteiger partial charge in [0.25, 0.3) is 5.91 Å². The molecule has 0 spiro atoms. The van der Waals surface area contributed by atoms with Crippen LogP contribution in [0.3, 0.4) is 0 Å². The van der Waals surface area contributed by atoms with E-state index in [0.29, 0.717) is 0 Å². The molecular formula is C28H27N3O6. The first kappa shape index (κ1) is 25.3. The van der Waals surface area contributed by atoms with Gasteiger partial charge in [0.1, 0.15) is 23.6 Å². The molecule has 0 bridgehead atoms. The van der Waals surface area contributed by atoms with E-state index in [2.05, 4.69) is 10.3 Å². The average molecular weight is 502 g/mol. The standard InChI is InChI=1S/C28H27N3O6/c1-31(27(35)21-15-19(32)11-12-25(21)33)24(13-17-7-3-2-4-8-17)26(34)30-23(28(36)37)14-18-16-29-22-10-6-5-9-20(18)22/h2-12,15-16,23-24,29,32-33H,13-14H2,1H3,(H,30,34)(H,36,37)/t23-,24-/m0/s1. The van der Waals surface area contributed by atoms with Crippen LogP contribution in [0.2, 0.25) is 0 Å². The maximum absolute atomic E-state index is 13.5. The van der Waals surface area contributed by atoms with Crippen LogP contribution in [0.5, 0.6) is 11.5 Å². The number of carboxylic acids is 1. The van der Waals surface area contributed by atoms with E-state index in [1.807, 2.05) is 30.3 Å². The molecule has 9 nitrogen and oxygen atoms in total. The third-order valence-corrected chi connectivity index (χ3v) is 6.29. The Morgan fingerprint density at radius 2 is 1.65 bits per heavy atom. The lowest BCUT2D eigenvalue weighted by Gasteiger charge is -2.29. The Bertz CT molecular complexity index is 1430. The Morgan fingerprint density at radius 1 is 0.946 bits per heavy atom. The van der Waals surface area contributed by atoms with Crippen LogP contribution < -0.4 is 5.32 Å². The van der Waals surface area contributed by atoms with Gasteiger partial charge in [-0.1, -0.05) is 48.5 Å². The molecule has 37 heavy (non-hydrogen) atoms. The van der Waals surface area contributed by atoms with Gasteiger partial charge in [-0.3, -0.25) is 9.59 Å². The first-order valence-corrected chi connectivity index (χ1v) is 11.7. The lowest BCUT2D eigenvalue weighted by Crippen LogP contribution is -2.53. The van der Waals surface area contributed by atoms with E-state index < -0.39 is 29.9 Å². The van der Waals surface area contributed by atoms with E-state index in [0.717, 1.165) is 33.0 Å². The zero-order valence-electron chi connectivity index (χ0n) is 20.1. The number of phenolic OH excluding ortho intramolecular Hbond substituents is 2. The van der Waals surface area contributed by atoms with Crippen molar-refractivity contribution >= 4 is 28.7 Å². The summed E-state index contributed by atoms with van der Waals surface area (Å²) in [5.74, 6) is -3.14. The lowest BCUT2D eigenvalue weighted by atomic mass is 10.0. The number of carbonyl (C=O) groups is 3. The van der Waals surface area contributed by atoms with Gasteiger partial charge < -0.3 is 30.5 Å². The van der Waals surface area contributed by atoms with Gasteiger partial charge in [-0.05, 0) is 35.4 Å². The molecule has 4 aromatic rings. The number of likely N-dealkylation sites (N-methyl/N-ethyl adjacent to an activating group) is 1. The van der Waals surface area contributed by atoms with Crippen molar-refractivity contribution < 1.29 is 29.7 Å². The summed E-state index contributed by atoms with van der Waals surface area (Å²) < 4.78 is 0. The topological polar surface area (TPSA) is 143 Å². The van der Waals surface area contributed by atoms with Crippen LogP contribution in [0, 0.1) is 0 Å². The number of H-pyrrole nitrogens is 1. The van der Waals surface area contributed by atoms with E-state index in [1.165, 1.54) is 19.2 Å². The lowest BCUT2D eigenvalue weighted by molar-refractivity contribution is -0.142. The number of para-hydroxylation sites is 1. The Kier molecular flexibility index (Phi) is 7.43. The van der Waals surface area contributed by atoms with Crippen molar-refractivity contribution in [2.75, 3.05) is 7.05 Å². The number of phenols is 2. The first-order chi connectivity index (χ1) is 17.7. The van der Waals surface area contributed by atoms with Gasteiger partial charge in [-0.15, -0.1) is 0 Å². The van der Waals surface area contributed by atoms with Crippen LogP contribution in [0.4, 0.5) is 0 Å². The molecule has 1 aromatic heterocycles. The number of benzene rings is 3. The van der Waals surface area contributed by atoms with Gasteiger partial charge in [0, 0.05) is 37.0 Å². The molecule has 2 atom stereocenters. The molecule has 0 fully saturated rings. The van der Waals surface area contributed by atoms with E-state index in [1.54, 1.807) is 30.5 Å². The monoisotopic (exact) mass is 501 g/mol. The zero-order chi connectivity index (χ0) is 26.5. The predicted molar refractivity (Wildman–Crippen MR) is 137 cm³/mol. The summed E-state index contributed by atoms with van der Waals surface area (Å²) in [6.07, 6.45) is 1.86. The van der Waals surface area contributed by atoms with Crippen LogP contribution in [0.15, 0.2) is 79.0 Å². The first-order valence-electron chi connectivity index (χ1n) is 11.7. The minimum absolute atomic E-state index is 0.0359. The number of nitrogens with one attached hydrogen (secondary N) is 2. The van der Waals surface area contributed by atoms with Crippen LogP contribution >= 0.6 is 0 Å². The second-order valence-corrected chi connectivity index (χ2v) is 8.79. The van der Waals surface area contributed by atoms with Gasteiger partial charge in [-0.25, -0.2) is 4.79 Å². The fraction of sp³-hybridized carbons (Fsp3) is 0.179. The highest BCUT2D eigenvalue weighted by Gasteiger charge is 2.32. The number of carboxylic acid groups (broad SMARTS) is 1. The maximum atomic E-state index is 13.5. The van der Waals surface area contributed by atoms with Crippen LogP contribution in [0.25, 0.3) is 10.9 Å². The SMILES string of the molecule is CN(C(=O)c1cc(O)ccc1O)[C@@H](Cc1ccccc1)C(=O)N[C@@H](Cc1c[nH]c2ccccc12)C(=O)O. The van der Waals surface area contributed by atoms with Crippen molar-refractivity contribution in [3.05, 3.63) is 95.7 Å². The number of aromatic hydroxyl groups is 2. The maximum Gasteiger partial charge on any atom is 0.326 e. The van der Waals surface area contributed by atoms with Crippen molar-refractivity contribution in [1.82, 2.24) is 15.2 Å². The number of aromatic nitrogens is 1. The largest absolute Gasteiger partial charge is 0.508 e. The van der Waals surface area contributed by atoms with Crippen molar-refractivity contribution in [1.29, 1.82) is 0 Å². The molecule has 0 saturated heterocycles. The highest BCUT2D eigenvalue weighted by atomic mass is 16.4. The van der Waals surface area contributed by atoms with Crippen molar-refractivity contribution in [2.45, 2.75) is 24.9 Å². The Balaban J connectivity index is 1.61. The Labute approximate surface area is 213 Å². The number of amides is 2. The van der Waals surface area contributed by atoms with Gasteiger partial charge in [0.2, 0.25) is 5.91 Å². The van der Waals surface area contributed by atoms with Crippen LogP contribution in [0.1, 0.15) is 21.5 Å². The second kappa shape index (κ2) is 10.9. The molecule has 5 N–H and O–H groups in total. The van der Waals surface area contributed by atoms with E-state index in [4.69, 9.17) is 0 Å². The Morgan fingerprint density at radius 3 is 2.38 bits per heavy atom. The third-order valence-electron chi connectivity index (χ3n) is 6.29. The summed E-state index contributed by atoms with van der Waals surface area (Å²) in [4.78, 5) is 43.1. The summed E-state index contributed by atoms with van der Waals surface area (Å²) >= 11 is 0. The number of nitrogens with zero attached hydrogens (tertiary/aromatic N) is 1. The molecule has 2 amide bonds.